The van der Waals surface area contributed by atoms with Crippen LogP contribution in [0, 0.1) is 0 Å². The van der Waals surface area contributed by atoms with E-state index in [2.05, 4.69) is 30.4 Å². The van der Waals surface area contributed by atoms with Crippen LogP contribution in [0.3, 0.4) is 0 Å². The molecule has 3 heterocycles. The van der Waals surface area contributed by atoms with Gasteiger partial charge in [-0.05, 0) is 31.9 Å². The molecule has 1 atom stereocenters. The Balaban J connectivity index is 0.00000341. The normalized spacial score (nSPS) is 18.3. The van der Waals surface area contributed by atoms with E-state index in [9.17, 15) is 9.59 Å². The van der Waals surface area contributed by atoms with Crippen LogP contribution in [0.15, 0.2) is 29.5 Å². The third-order valence-corrected chi connectivity index (χ3v) is 5.77. The smallest absolute Gasteiger partial charge is 0.252 e. The molecular weight excluding hydrogens is 509 g/mol. The molecule has 2 saturated heterocycles. The molecular formula is C21H34IN7O2. The molecule has 2 N–H and O–H groups in total. The van der Waals surface area contributed by atoms with Crippen molar-refractivity contribution in [3.8, 4) is 0 Å². The molecule has 0 bridgehead atoms. The van der Waals surface area contributed by atoms with Gasteiger partial charge in [0.1, 0.15) is 0 Å². The number of pyridine rings is 1. The van der Waals surface area contributed by atoms with Gasteiger partial charge < -0.3 is 20.4 Å². The minimum atomic E-state index is -0.134. The molecule has 2 fully saturated rings. The lowest BCUT2D eigenvalue weighted by Gasteiger charge is -2.39. The van der Waals surface area contributed by atoms with Crippen LogP contribution < -0.4 is 10.6 Å². The van der Waals surface area contributed by atoms with Crippen LogP contribution in [0.1, 0.15) is 30.1 Å². The molecule has 9 nitrogen and oxygen atoms in total. The predicted octanol–water partition coefficient (Wildman–Crippen LogP) is 0.633. The van der Waals surface area contributed by atoms with E-state index in [0.717, 1.165) is 58.1 Å². The molecule has 3 rings (SSSR count). The third kappa shape index (κ3) is 7.03. The Kier molecular flexibility index (Phi) is 10.4. The Hall–Kier alpha value is -1.95. The number of halogens is 1. The fourth-order valence-electron chi connectivity index (χ4n) is 3.96. The monoisotopic (exact) mass is 543 g/mol. The van der Waals surface area contributed by atoms with Crippen LogP contribution in [0.4, 0.5) is 0 Å². The van der Waals surface area contributed by atoms with Crippen molar-refractivity contribution in [2.24, 2.45) is 4.99 Å². The van der Waals surface area contributed by atoms with Gasteiger partial charge in [-0.2, -0.15) is 0 Å². The van der Waals surface area contributed by atoms with Crippen molar-refractivity contribution in [1.29, 1.82) is 0 Å². The van der Waals surface area contributed by atoms with E-state index in [-0.39, 0.29) is 41.8 Å². The minimum absolute atomic E-state index is 0. The van der Waals surface area contributed by atoms with E-state index >= 15 is 0 Å². The largest absolute Gasteiger partial charge is 0.354 e. The van der Waals surface area contributed by atoms with Gasteiger partial charge in [0.05, 0.1) is 11.6 Å². The number of amides is 2. The Bertz CT molecular complexity index is 733. The number of piperazine rings is 1. The summed E-state index contributed by atoms with van der Waals surface area (Å²) in [5.74, 6) is 0.946. The second-order valence-electron chi connectivity index (χ2n) is 7.70. The molecule has 2 aliphatic heterocycles. The summed E-state index contributed by atoms with van der Waals surface area (Å²) in [7, 11) is 1.77. The summed E-state index contributed by atoms with van der Waals surface area (Å²) in [6, 6.07) is 3.42. The first kappa shape index (κ1) is 25.3. The molecule has 1 aromatic heterocycles. The zero-order valence-corrected chi connectivity index (χ0v) is 20.7. The summed E-state index contributed by atoms with van der Waals surface area (Å²) in [5.41, 5.74) is 0.551. The highest BCUT2D eigenvalue weighted by Gasteiger charge is 2.30. The fraction of sp³-hybridized carbons (Fsp3) is 0.619. The zero-order valence-electron chi connectivity index (χ0n) is 18.4. The summed E-state index contributed by atoms with van der Waals surface area (Å²) in [6.07, 6.45) is 5.44. The number of guanidine groups is 1. The lowest BCUT2D eigenvalue weighted by molar-refractivity contribution is -0.135. The van der Waals surface area contributed by atoms with Crippen LogP contribution in [-0.2, 0) is 4.79 Å². The number of hydrogen-bond donors (Lipinski definition) is 2. The van der Waals surface area contributed by atoms with Crippen LogP contribution in [0.5, 0.6) is 0 Å². The molecule has 172 valence electrons. The summed E-state index contributed by atoms with van der Waals surface area (Å²) in [4.78, 5) is 39.5. The fourth-order valence-corrected chi connectivity index (χ4v) is 3.96. The molecule has 2 aliphatic rings. The minimum Gasteiger partial charge on any atom is -0.354 e. The Morgan fingerprint density at radius 3 is 2.35 bits per heavy atom. The molecule has 0 radical (unpaired) electrons. The number of likely N-dealkylation sites (tertiary alicyclic amines) is 1. The lowest BCUT2D eigenvalue weighted by Crippen LogP contribution is -2.57. The number of rotatable bonds is 6. The molecule has 0 spiro atoms. The second kappa shape index (κ2) is 12.8. The number of nitrogens with one attached hydrogen (secondary N) is 2. The molecule has 10 heteroatoms. The number of carbonyl (C=O) groups is 2. The van der Waals surface area contributed by atoms with E-state index in [0.29, 0.717) is 18.7 Å². The van der Waals surface area contributed by atoms with Gasteiger partial charge in [-0.1, -0.05) is 0 Å². The van der Waals surface area contributed by atoms with Crippen LogP contribution in [-0.4, -0.2) is 103 Å². The molecule has 31 heavy (non-hydrogen) atoms. The molecule has 1 unspecified atom stereocenters. The van der Waals surface area contributed by atoms with Crippen molar-refractivity contribution in [2.45, 2.75) is 25.8 Å². The van der Waals surface area contributed by atoms with Crippen molar-refractivity contribution >= 4 is 41.8 Å². The summed E-state index contributed by atoms with van der Waals surface area (Å²) < 4.78 is 0. The van der Waals surface area contributed by atoms with Gasteiger partial charge in [0.2, 0.25) is 5.91 Å². The Labute approximate surface area is 201 Å². The van der Waals surface area contributed by atoms with Gasteiger partial charge in [0.15, 0.2) is 5.96 Å². The van der Waals surface area contributed by atoms with Gasteiger partial charge in [-0.3, -0.25) is 24.5 Å². The van der Waals surface area contributed by atoms with Gasteiger partial charge in [-0.25, -0.2) is 0 Å². The maximum Gasteiger partial charge on any atom is 0.252 e. The second-order valence-corrected chi connectivity index (χ2v) is 7.70. The number of aromatic nitrogens is 1. The zero-order chi connectivity index (χ0) is 21.3. The first-order valence-corrected chi connectivity index (χ1v) is 10.8. The average Bonchev–Trinajstić information content (AvgIpc) is 3.34. The number of nitrogens with zero attached hydrogens (tertiary/aromatic N) is 5. The topological polar surface area (TPSA) is 93.2 Å². The van der Waals surface area contributed by atoms with Crippen molar-refractivity contribution in [3.63, 3.8) is 0 Å². The first-order valence-electron chi connectivity index (χ1n) is 10.8. The van der Waals surface area contributed by atoms with Crippen LogP contribution in [0.2, 0.25) is 0 Å². The van der Waals surface area contributed by atoms with E-state index < -0.39 is 0 Å². The predicted molar refractivity (Wildman–Crippen MR) is 132 cm³/mol. The van der Waals surface area contributed by atoms with Crippen LogP contribution in [0.25, 0.3) is 0 Å². The molecule has 0 aliphatic carbocycles. The van der Waals surface area contributed by atoms with Crippen LogP contribution >= 0.6 is 24.0 Å². The molecule has 0 aromatic carbocycles. The molecule has 0 saturated carbocycles. The number of hydrogen-bond acceptors (Lipinski definition) is 5. The summed E-state index contributed by atoms with van der Waals surface area (Å²) in [5, 5.41) is 6.19. The van der Waals surface area contributed by atoms with E-state index in [1.807, 2.05) is 11.8 Å². The van der Waals surface area contributed by atoms with Crippen molar-refractivity contribution in [2.75, 3.05) is 59.4 Å². The first-order chi connectivity index (χ1) is 14.6. The lowest BCUT2D eigenvalue weighted by atomic mass is 10.2. The highest BCUT2D eigenvalue weighted by Crippen LogP contribution is 2.14. The van der Waals surface area contributed by atoms with Gasteiger partial charge in [0, 0.05) is 71.8 Å². The highest BCUT2D eigenvalue weighted by molar-refractivity contribution is 14.0. The third-order valence-electron chi connectivity index (χ3n) is 5.77. The van der Waals surface area contributed by atoms with Gasteiger partial charge in [0.25, 0.3) is 5.91 Å². The molecule has 2 amide bonds. The maximum atomic E-state index is 12.6. The van der Waals surface area contributed by atoms with Crippen molar-refractivity contribution < 1.29 is 9.59 Å². The number of aliphatic imine (C=N–C) groups is 1. The Morgan fingerprint density at radius 1 is 1.06 bits per heavy atom. The average molecular weight is 543 g/mol. The van der Waals surface area contributed by atoms with Crippen molar-refractivity contribution in [3.05, 3.63) is 30.1 Å². The highest BCUT2D eigenvalue weighted by atomic mass is 127. The molecule has 1 aromatic rings. The van der Waals surface area contributed by atoms with E-state index in [1.165, 1.54) is 0 Å². The maximum absolute atomic E-state index is 12.6. The number of carbonyl (C=O) groups excluding carboxylic acids is 2. The van der Waals surface area contributed by atoms with Gasteiger partial charge >= 0.3 is 0 Å². The quantitative estimate of drug-likeness (QED) is 0.237. The van der Waals surface area contributed by atoms with Gasteiger partial charge in [-0.15, -0.1) is 24.0 Å². The summed E-state index contributed by atoms with van der Waals surface area (Å²) in [6.45, 7) is 8.20. The van der Waals surface area contributed by atoms with E-state index in [1.54, 1.807) is 31.6 Å². The Morgan fingerprint density at radius 2 is 1.74 bits per heavy atom. The standard InChI is InChI=1S/C21H33N7O2.HI/c1-17(20(30)27-10-3-4-11-27)26-12-14-28(15-13-26)21(22-2)25-9-8-24-19(29)18-6-5-7-23-16-18;/h5-7,16-17H,3-4,8-15H2,1-2H3,(H,22,25)(H,24,29);1H. The van der Waals surface area contributed by atoms with Crippen molar-refractivity contribution in [1.82, 2.24) is 30.3 Å². The SMILES string of the molecule is CN=C(NCCNC(=O)c1cccnc1)N1CCN(C(C)C(=O)N2CCCC2)CC1.I. The summed E-state index contributed by atoms with van der Waals surface area (Å²) >= 11 is 0. The van der Waals surface area contributed by atoms with E-state index in [4.69, 9.17) is 0 Å².